The molecule has 2 aromatic heterocycles. The highest BCUT2D eigenvalue weighted by Crippen LogP contribution is 2.20. The zero-order valence-electron chi connectivity index (χ0n) is 9.46. The van der Waals surface area contributed by atoms with Crippen molar-refractivity contribution in [3.05, 3.63) is 58.5 Å². The fraction of sp³-hybridized carbons (Fsp3) is 0.0714. The summed E-state index contributed by atoms with van der Waals surface area (Å²) < 4.78 is 10.7. The maximum absolute atomic E-state index is 11.6. The van der Waals surface area contributed by atoms with E-state index in [-0.39, 0.29) is 12.6 Å². The molecule has 0 radical (unpaired) electrons. The van der Waals surface area contributed by atoms with Crippen LogP contribution >= 0.6 is 11.3 Å². The molecule has 0 N–H and O–H groups in total. The Kier molecular flexibility index (Phi) is 2.86. The third kappa shape index (κ3) is 2.15. The van der Waals surface area contributed by atoms with Gasteiger partial charge in [0.25, 0.3) is 0 Å². The van der Waals surface area contributed by atoms with E-state index in [1.165, 1.54) is 11.3 Å². The molecular weight excluding hydrogens is 248 g/mol. The number of para-hydroxylation sites is 1. The third-order valence-corrected chi connectivity index (χ3v) is 3.39. The molecule has 1 aromatic carbocycles. The van der Waals surface area contributed by atoms with Crippen LogP contribution in [0.1, 0.15) is 15.4 Å². The number of hydrogen-bond acceptors (Lipinski definition) is 4. The first-order valence-corrected chi connectivity index (χ1v) is 6.39. The quantitative estimate of drug-likeness (QED) is 0.670. The lowest BCUT2D eigenvalue weighted by Gasteiger charge is -1.99. The second-order valence-corrected chi connectivity index (χ2v) is 4.75. The minimum atomic E-state index is -0.314. The average molecular weight is 258 g/mol. The van der Waals surface area contributed by atoms with Gasteiger partial charge in [0, 0.05) is 5.39 Å². The van der Waals surface area contributed by atoms with Crippen LogP contribution in [0, 0.1) is 0 Å². The predicted octanol–water partition coefficient (Wildman–Crippen LogP) is 3.85. The van der Waals surface area contributed by atoms with Gasteiger partial charge in [0.15, 0.2) is 0 Å². The Balaban J connectivity index is 1.71. The fourth-order valence-electron chi connectivity index (χ4n) is 1.71. The second kappa shape index (κ2) is 4.66. The first-order chi connectivity index (χ1) is 8.83. The van der Waals surface area contributed by atoms with E-state index < -0.39 is 0 Å². The Morgan fingerprint density at radius 1 is 1.22 bits per heavy atom. The Morgan fingerprint density at radius 3 is 2.89 bits per heavy atom. The van der Waals surface area contributed by atoms with E-state index in [1.807, 2.05) is 41.8 Å². The molecule has 0 spiro atoms. The molecule has 0 amide bonds. The highest BCUT2D eigenvalue weighted by atomic mass is 32.1. The summed E-state index contributed by atoms with van der Waals surface area (Å²) in [4.78, 5) is 12.2. The van der Waals surface area contributed by atoms with Crippen LogP contribution in [-0.4, -0.2) is 5.97 Å². The summed E-state index contributed by atoms with van der Waals surface area (Å²) in [6.45, 7) is 0.158. The minimum Gasteiger partial charge on any atom is -0.457 e. The van der Waals surface area contributed by atoms with Gasteiger partial charge in [-0.15, -0.1) is 11.3 Å². The molecule has 90 valence electrons. The molecule has 0 aliphatic carbocycles. The Morgan fingerprint density at radius 2 is 2.11 bits per heavy atom. The Hall–Kier alpha value is -2.07. The summed E-state index contributed by atoms with van der Waals surface area (Å²) in [6, 6.07) is 13.2. The maximum Gasteiger partial charge on any atom is 0.348 e. The van der Waals surface area contributed by atoms with Crippen molar-refractivity contribution in [2.75, 3.05) is 0 Å². The summed E-state index contributed by atoms with van der Waals surface area (Å²) >= 11 is 1.37. The molecule has 0 aliphatic rings. The fourth-order valence-corrected chi connectivity index (χ4v) is 2.33. The first-order valence-electron chi connectivity index (χ1n) is 5.51. The summed E-state index contributed by atoms with van der Waals surface area (Å²) in [5.74, 6) is 0.339. The van der Waals surface area contributed by atoms with Crippen LogP contribution in [0.5, 0.6) is 0 Å². The van der Waals surface area contributed by atoms with Gasteiger partial charge in [-0.3, -0.25) is 0 Å². The summed E-state index contributed by atoms with van der Waals surface area (Å²) in [5, 5.41) is 2.86. The van der Waals surface area contributed by atoms with Gasteiger partial charge < -0.3 is 9.15 Å². The van der Waals surface area contributed by atoms with Gasteiger partial charge >= 0.3 is 5.97 Å². The molecule has 0 bridgehead atoms. The normalized spacial score (nSPS) is 10.7. The molecule has 0 fully saturated rings. The number of carbonyl (C=O) groups is 1. The van der Waals surface area contributed by atoms with Crippen LogP contribution in [0.3, 0.4) is 0 Å². The lowest BCUT2D eigenvalue weighted by molar-refractivity contribution is 0.0453. The highest BCUT2D eigenvalue weighted by molar-refractivity contribution is 7.11. The van der Waals surface area contributed by atoms with Crippen molar-refractivity contribution in [3.8, 4) is 0 Å². The number of esters is 1. The zero-order chi connectivity index (χ0) is 12.4. The van der Waals surface area contributed by atoms with E-state index in [0.29, 0.717) is 10.6 Å². The third-order valence-electron chi connectivity index (χ3n) is 2.54. The molecule has 3 aromatic rings. The van der Waals surface area contributed by atoms with Gasteiger partial charge in [-0.2, -0.15) is 0 Å². The summed E-state index contributed by atoms with van der Waals surface area (Å²) in [6.07, 6.45) is 0. The number of rotatable bonds is 3. The zero-order valence-corrected chi connectivity index (χ0v) is 10.3. The van der Waals surface area contributed by atoms with Gasteiger partial charge in [-0.25, -0.2) is 4.79 Å². The van der Waals surface area contributed by atoms with E-state index in [0.717, 1.165) is 11.0 Å². The Labute approximate surface area is 108 Å². The van der Waals surface area contributed by atoms with Crippen molar-refractivity contribution in [3.63, 3.8) is 0 Å². The molecule has 0 unspecified atom stereocenters. The first kappa shape index (κ1) is 11.0. The van der Waals surface area contributed by atoms with Crippen molar-refractivity contribution < 1.29 is 13.9 Å². The number of hydrogen-bond donors (Lipinski definition) is 0. The molecule has 0 atom stereocenters. The van der Waals surface area contributed by atoms with Crippen LogP contribution in [-0.2, 0) is 11.3 Å². The standard InChI is InChI=1S/C14H10O3S/c15-14(13-6-3-7-18-13)16-9-11-8-10-4-1-2-5-12(10)17-11/h1-8H,9H2. The van der Waals surface area contributed by atoms with Gasteiger partial charge in [-0.05, 0) is 23.6 Å². The Bertz CT molecular complexity index is 634. The number of ether oxygens (including phenoxy) is 1. The predicted molar refractivity (Wildman–Crippen MR) is 69.7 cm³/mol. The molecule has 3 rings (SSSR count). The van der Waals surface area contributed by atoms with Gasteiger partial charge in [-0.1, -0.05) is 24.3 Å². The smallest absolute Gasteiger partial charge is 0.348 e. The highest BCUT2D eigenvalue weighted by Gasteiger charge is 2.10. The number of thiophene rings is 1. The molecule has 2 heterocycles. The maximum atomic E-state index is 11.6. The van der Waals surface area contributed by atoms with E-state index in [1.54, 1.807) is 6.07 Å². The van der Waals surface area contributed by atoms with Crippen LogP contribution < -0.4 is 0 Å². The summed E-state index contributed by atoms with van der Waals surface area (Å²) in [7, 11) is 0. The van der Waals surface area contributed by atoms with E-state index in [4.69, 9.17) is 9.15 Å². The second-order valence-electron chi connectivity index (χ2n) is 3.80. The van der Waals surface area contributed by atoms with Crippen LogP contribution in [0.2, 0.25) is 0 Å². The van der Waals surface area contributed by atoms with E-state index in [9.17, 15) is 4.79 Å². The SMILES string of the molecule is O=C(OCc1cc2ccccc2o1)c1cccs1. The number of fused-ring (bicyclic) bond motifs is 1. The largest absolute Gasteiger partial charge is 0.457 e. The average Bonchev–Trinajstić information content (AvgIpc) is 3.04. The van der Waals surface area contributed by atoms with Gasteiger partial charge in [0.1, 0.15) is 22.8 Å². The van der Waals surface area contributed by atoms with Gasteiger partial charge in [0.05, 0.1) is 0 Å². The molecule has 0 saturated carbocycles. The lowest BCUT2D eigenvalue weighted by atomic mass is 10.2. The molecular formula is C14H10O3S. The minimum absolute atomic E-state index is 0.158. The van der Waals surface area contributed by atoms with Crippen molar-refractivity contribution in [2.24, 2.45) is 0 Å². The molecule has 4 heteroatoms. The van der Waals surface area contributed by atoms with Crippen molar-refractivity contribution in [1.82, 2.24) is 0 Å². The lowest BCUT2D eigenvalue weighted by Crippen LogP contribution is -2.02. The van der Waals surface area contributed by atoms with Crippen LogP contribution in [0.25, 0.3) is 11.0 Å². The molecule has 18 heavy (non-hydrogen) atoms. The molecule has 0 aliphatic heterocycles. The van der Waals surface area contributed by atoms with Crippen molar-refractivity contribution >= 4 is 28.3 Å². The monoisotopic (exact) mass is 258 g/mol. The van der Waals surface area contributed by atoms with Crippen molar-refractivity contribution in [1.29, 1.82) is 0 Å². The topological polar surface area (TPSA) is 39.4 Å². The number of benzene rings is 1. The van der Waals surface area contributed by atoms with Gasteiger partial charge in [0.2, 0.25) is 0 Å². The summed E-state index contributed by atoms with van der Waals surface area (Å²) in [5.41, 5.74) is 0.805. The van der Waals surface area contributed by atoms with Crippen LogP contribution in [0.15, 0.2) is 52.3 Å². The van der Waals surface area contributed by atoms with E-state index >= 15 is 0 Å². The van der Waals surface area contributed by atoms with E-state index in [2.05, 4.69) is 0 Å². The number of furan rings is 1. The number of carbonyl (C=O) groups excluding carboxylic acids is 1. The van der Waals surface area contributed by atoms with Crippen molar-refractivity contribution in [2.45, 2.75) is 6.61 Å². The molecule has 0 saturated heterocycles. The van der Waals surface area contributed by atoms with Crippen LogP contribution in [0.4, 0.5) is 0 Å². The molecule has 3 nitrogen and oxygen atoms in total.